The van der Waals surface area contributed by atoms with Gasteiger partial charge in [0.15, 0.2) is 0 Å². The molecule has 3 rings (SSSR count). The zero-order valence-corrected chi connectivity index (χ0v) is 12.5. The van der Waals surface area contributed by atoms with Gasteiger partial charge >= 0.3 is 0 Å². The van der Waals surface area contributed by atoms with Crippen molar-refractivity contribution < 1.29 is 5.11 Å². The largest absolute Gasteiger partial charge is 0.511 e. The van der Waals surface area contributed by atoms with Gasteiger partial charge in [-0.15, -0.1) is 0 Å². The zero-order chi connectivity index (χ0) is 14.3. The van der Waals surface area contributed by atoms with Crippen molar-refractivity contribution in [3.05, 3.63) is 48.2 Å². The van der Waals surface area contributed by atoms with Gasteiger partial charge < -0.3 is 5.11 Å². The van der Waals surface area contributed by atoms with Crippen LogP contribution in [0, 0.1) is 5.92 Å². The summed E-state index contributed by atoms with van der Waals surface area (Å²) in [6, 6.07) is 11.5. The molecule has 1 aromatic rings. The minimum atomic E-state index is 0.140. The van der Waals surface area contributed by atoms with Crippen LogP contribution in [0.4, 0.5) is 0 Å². The molecule has 1 saturated carbocycles. The lowest BCUT2D eigenvalue weighted by Gasteiger charge is -2.28. The van der Waals surface area contributed by atoms with E-state index in [2.05, 4.69) is 55.7 Å². The molecule has 108 valence electrons. The number of nitrogens with zero attached hydrogens (tertiary/aromatic N) is 1. The summed E-state index contributed by atoms with van der Waals surface area (Å²) in [4.78, 5) is 2.41. The lowest BCUT2D eigenvalue weighted by Crippen LogP contribution is -2.37. The van der Waals surface area contributed by atoms with Crippen LogP contribution in [-0.4, -0.2) is 28.6 Å². The maximum Gasteiger partial charge on any atom is 0.102 e. The van der Waals surface area contributed by atoms with Crippen molar-refractivity contribution in [1.29, 1.82) is 0 Å². The van der Waals surface area contributed by atoms with Crippen molar-refractivity contribution in [1.82, 2.24) is 4.90 Å². The second-order valence-electron chi connectivity index (χ2n) is 6.75. The molecule has 0 amide bonds. The molecule has 1 aliphatic heterocycles. The van der Waals surface area contributed by atoms with Gasteiger partial charge in [0.25, 0.3) is 0 Å². The smallest absolute Gasteiger partial charge is 0.102 e. The number of likely N-dealkylation sites (tertiary alicyclic amines) is 1. The van der Waals surface area contributed by atoms with E-state index in [9.17, 15) is 5.11 Å². The predicted molar refractivity (Wildman–Crippen MR) is 82.9 cm³/mol. The van der Waals surface area contributed by atoms with Crippen LogP contribution in [0.25, 0.3) is 0 Å². The van der Waals surface area contributed by atoms with Crippen LogP contribution < -0.4 is 0 Å². The van der Waals surface area contributed by atoms with Crippen molar-refractivity contribution in [3.63, 3.8) is 0 Å². The van der Waals surface area contributed by atoms with Gasteiger partial charge in [0.05, 0.1) is 6.04 Å². The van der Waals surface area contributed by atoms with Crippen LogP contribution in [0.3, 0.4) is 0 Å². The van der Waals surface area contributed by atoms with Crippen molar-refractivity contribution in [2.24, 2.45) is 5.92 Å². The van der Waals surface area contributed by atoms with Crippen LogP contribution >= 0.6 is 0 Å². The SMILES string of the molecule is C=C(O)[C@H]1C[C@H](C2(c3ccccc3)CC2)CN1C(C)C. The van der Waals surface area contributed by atoms with Gasteiger partial charge in [0, 0.05) is 12.6 Å². The van der Waals surface area contributed by atoms with Crippen molar-refractivity contribution in [3.8, 4) is 0 Å². The van der Waals surface area contributed by atoms with Crippen molar-refractivity contribution in [2.45, 2.75) is 50.6 Å². The number of hydrogen-bond donors (Lipinski definition) is 1. The second kappa shape index (κ2) is 4.92. The maximum atomic E-state index is 9.91. The highest BCUT2D eigenvalue weighted by Gasteiger charge is 2.54. The van der Waals surface area contributed by atoms with Crippen LogP contribution in [0.2, 0.25) is 0 Å². The quantitative estimate of drug-likeness (QED) is 0.840. The third-order valence-corrected chi connectivity index (χ3v) is 5.31. The standard InChI is InChI=1S/C18H25NO/c1-13(2)19-12-16(11-17(19)14(3)20)18(9-10-18)15-7-5-4-6-8-15/h4-8,13,16-17,20H,3,9-12H2,1-2H3/t16-,17+/m0/s1. The highest BCUT2D eigenvalue weighted by Crippen LogP contribution is 2.57. The molecular weight excluding hydrogens is 246 g/mol. The van der Waals surface area contributed by atoms with E-state index in [1.807, 2.05) is 0 Å². The van der Waals surface area contributed by atoms with Gasteiger partial charge in [-0.05, 0) is 50.0 Å². The van der Waals surface area contributed by atoms with E-state index in [1.54, 1.807) is 0 Å². The topological polar surface area (TPSA) is 23.5 Å². The lowest BCUT2D eigenvalue weighted by atomic mass is 9.81. The number of benzene rings is 1. The predicted octanol–water partition coefficient (Wildman–Crippen LogP) is 3.89. The van der Waals surface area contributed by atoms with Crippen LogP contribution in [-0.2, 0) is 5.41 Å². The molecule has 0 unspecified atom stereocenters. The Bertz CT molecular complexity index is 489. The van der Waals surface area contributed by atoms with Crippen LogP contribution in [0.5, 0.6) is 0 Å². The zero-order valence-electron chi connectivity index (χ0n) is 12.5. The Morgan fingerprint density at radius 1 is 1.30 bits per heavy atom. The molecule has 2 atom stereocenters. The summed E-state index contributed by atoms with van der Waals surface area (Å²) in [5.41, 5.74) is 1.84. The number of aliphatic hydroxyl groups is 1. The summed E-state index contributed by atoms with van der Waals surface area (Å²) >= 11 is 0. The van der Waals surface area contributed by atoms with Crippen LogP contribution in [0.1, 0.15) is 38.7 Å². The first-order valence-electron chi connectivity index (χ1n) is 7.73. The van der Waals surface area contributed by atoms with E-state index >= 15 is 0 Å². The molecule has 0 bridgehead atoms. The van der Waals surface area contributed by atoms with Crippen molar-refractivity contribution in [2.75, 3.05) is 6.54 Å². The van der Waals surface area contributed by atoms with Crippen LogP contribution in [0.15, 0.2) is 42.7 Å². The summed E-state index contributed by atoms with van der Waals surface area (Å²) in [6.45, 7) is 9.29. The Kier molecular flexibility index (Phi) is 3.37. The number of hydrogen-bond acceptors (Lipinski definition) is 2. The van der Waals surface area contributed by atoms with Gasteiger partial charge in [-0.25, -0.2) is 0 Å². The Morgan fingerprint density at radius 2 is 1.95 bits per heavy atom. The normalized spacial score (nSPS) is 28.8. The average Bonchev–Trinajstić information content (AvgIpc) is 3.11. The first kappa shape index (κ1) is 13.7. The highest BCUT2D eigenvalue weighted by atomic mass is 16.3. The number of aliphatic hydroxyl groups excluding tert-OH is 1. The summed E-state index contributed by atoms with van der Waals surface area (Å²) < 4.78 is 0. The molecule has 2 fully saturated rings. The highest BCUT2D eigenvalue weighted by molar-refractivity contribution is 5.33. The molecule has 1 heterocycles. The van der Waals surface area contributed by atoms with E-state index in [0.29, 0.717) is 23.1 Å². The fraction of sp³-hybridized carbons (Fsp3) is 0.556. The molecule has 2 aliphatic rings. The first-order valence-corrected chi connectivity index (χ1v) is 7.73. The Hall–Kier alpha value is -1.28. The molecule has 1 N–H and O–H groups in total. The Labute approximate surface area is 122 Å². The molecule has 1 aliphatic carbocycles. The summed E-state index contributed by atoms with van der Waals surface area (Å²) in [6.07, 6.45) is 3.62. The molecule has 1 aromatic carbocycles. The molecule has 0 radical (unpaired) electrons. The molecule has 20 heavy (non-hydrogen) atoms. The summed E-state index contributed by atoms with van der Waals surface area (Å²) in [7, 11) is 0. The van der Waals surface area contributed by atoms with E-state index in [1.165, 1.54) is 18.4 Å². The van der Waals surface area contributed by atoms with Gasteiger partial charge in [0.1, 0.15) is 5.76 Å². The second-order valence-corrected chi connectivity index (χ2v) is 6.75. The van der Waals surface area contributed by atoms with Gasteiger partial charge in [-0.3, -0.25) is 4.90 Å². The molecule has 2 nitrogen and oxygen atoms in total. The molecule has 0 aromatic heterocycles. The van der Waals surface area contributed by atoms with Gasteiger partial charge in [-0.2, -0.15) is 0 Å². The summed E-state index contributed by atoms with van der Waals surface area (Å²) in [5, 5.41) is 9.91. The van der Waals surface area contributed by atoms with E-state index < -0.39 is 0 Å². The molecule has 2 heteroatoms. The fourth-order valence-corrected chi connectivity index (χ4v) is 4.00. The van der Waals surface area contributed by atoms with Gasteiger partial charge in [-0.1, -0.05) is 36.9 Å². The fourth-order valence-electron chi connectivity index (χ4n) is 4.00. The van der Waals surface area contributed by atoms with Crippen molar-refractivity contribution >= 4 is 0 Å². The number of rotatable bonds is 4. The third kappa shape index (κ3) is 2.16. The molecular formula is C18H25NO. The monoisotopic (exact) mass is 271 g/mol. The van der Waals surface area contributed by atoms with Gasteiger partial charge in [0.2, 0.25) is 0 Å². The minimum Gasteiger partial charge on any atom is -0.511 e. The maximum absolute atomic E-state index is 9.91. The molecule has 0 spiro atoms. The Morgan fingerprint density at radius 3 is 2.40 bits per heavy atom. The van der Waals surface area contributed by atoms with E-state index in [-0.39, 0.29) is 6.04 Å². The third-order valence-electron chi connectivity index (χ3n) is 5.31. The first-order chi connectivity index (χ1) is 9.54. The average molecular weight is 271 g/mol. The summed E-state index contributed by atoms with van der Waals surface area (Å²) in [5.74, 6) is 0.978. The van der Waals surface area contributed by atoms with E-state index in [4.69, 9.17) is 0 Å². The van der Waals surface area contributed by atoms with E-state index in [0.717, 1.165) is 13.0 Å². The minimum absolute atomic E-state index is 0.140. The molecule has 1 saturated heterocycles. The Balaban J connectivity index is 1.84. The lowest BCUT2D eigenvalue weighted by molar-refractivity contribution is 0.180.